The molecule has 0 N–H and O–H groups in total. The van der Waals surface area contributed by atoms with Crippen molar-refractivity contribution in [3.8, 4) is 0 Å². The molecule has 1 aromatic heterocycles. The number of anilines is 2. The molecule has 0 aliphatic carbocycles. The third-order valence-corrected chi connectivity index (χ3v) is 6.40. The Morgan fingerprint density at radius 3 is 2.50 bits per heavy atom. The molecular weight excluding hydrogens is 396 g/mol. The Kier molecular flexibility index (Phi) is 7.12. The van der Waals surface area contributed by atoms with Crippen molar-refractivity contribution < 1.29 is 4.79 Å². The van der Waals surface area contributed by atoms with Gasteiger partial charge in [-0.25, -0.2) is 4.98 Å². The maximum absolute atomic E-state index is 13.3. The first-order valence-corrected chi connectivity index (χ1v) is 11.6. The minimum absolute atomic E-state index is 0.0401. The van der Waals surface area contributed by atoms with Gasteiger partial charge >= 0.3 is 0 Å². The summed E-state index contributed by atoms with van der Waals surface area (Å²) < 4.78 is 2.21. The molecule has 0 saturated carbocycles. The van der Waals surface area contributed by atoms with Crippen LogP contribution < -0.4 is 4.90 Å². The molecule has 164 valence electrons. The summed E-state index contributed by atoms with van der Waals surface area (Å²) in [7, 11) is 1.85. The second-order valence-corrected chi connectivity index (χ2v) is 8.97. The van der Waals surface area contributed by atoms with E-state index in [1.807, 2.05) is 13.1 Å². The molecule has 30 heavy (non-hydrogen) atoms. The van der Waals surface area contributed by atoms with E-state index < -0.39 is 0 Å². The van der Waals surface area contributed by atoms with Gasteiger partial charge in [0, 0.05) is 19.5 Å². The fraction of sp³-hybridized carbons (Fsp3) is 0.583. The average Bonchev–Trinajstić information content (AvgIpc) is 3.11. The molecule has 5 nitrogen and oxygen atoms in total. The van der Waals surface area contributed by atoms with E-state index in [0.29, 0.717) is 23.3 Å². The number of hydrogen-bond acceptors (Lipinski definition) is 3. The number of halogens is 1. The van der Waals surface area contributed by atoms with E-state index >= 15 is 0 Å². The molecule has 0 spiro atoms. The Hall–Kier alpha value is -2.01. The standard InChI is InChI=1S/C24H35ClN4O/c1-7-10-11-18(8-2)29-21(9-3)26-23-22(29)24(30)27(6)15-28(23)20-13-12-17(16(4)5)14-19(20)25/h12-14,16,18H,7-11,15H2,1-6H3. The lowest BCUT2D eigenvalue weighted by Gasteiger charge is -2.35. The molecule has 1 aliphatic heterocycles. The van der Waals surface area contributed by atoms with Crippen LogP contribution in [0, 0.1) is 0 Å². The van der Waals surface area contributed by atoms with Crippen molar-refractivity contribution in [1.29, 1.82) is 0 Å². The Morgan fingerprint density at radius 1 is 1.20 bits per heavy atom. The highest BCUT2D eigenvalue weighted by atomic mass is 35.5. The predicted molar refractivity (Wildman–Crippen MR) is 125 cm³/mol. The van der Waals surface area contributed by atoms with Gasteiger partial charge in [0.15, 0.2) is 11.5 Å². The topological polar surface area (TPSA) is 41.4 Å². The van der Waals surface area contributed by atoms with Gasteiger partial charge in [-0.05, 0) is 36.5 Å². The van der Waals surface area contributed by atoms with Crippen LogP contribution in [-0.2, 0) is 6.42 Å². The second kappa shape index (κ2) is 9.42. The van der Waals surface area contributed by atoms with E-state index in [-0.39, 0.29) is 11.9 Å². The number of carbonyl (C=O) groups is 1. The van der Waals surface area contributed by atoms with Gasteiger partial charge in [0.1, 0.15) is 5.82 Å². The smallest absolute Gasteiger partial charge is 0.275 e. The SMILES string of the molecule is CCCCC(CC)n1c(CC)nc2c1C(=O)N(C)CN2c1ccc(C(C)C)cc1Cl. The first-order valence-electron chi connectivity index (χ1n) is 11.3. The van der Waals surface area contributed by atoms with Crippen molar-refractivity contribution in [2.75, 3.05) is 18.6 Å². The zero-order chi connectivity index (χ0) is 22.0. The van der Waals surface area contributed by atoms with E-state index in [4.69, 9.17) is 16.6 Å². The zero-order valence-electron chi connectivity index (χ0n) is 19.2. The summed E-state index contributed by atoms with van der Waals surface area (Å²) in [5.41, 5.74) is 2.80. The Morgan fingerprint density at radius 2 is 1.93 bits per heavy atom. The average molecular weight is 431 g/mol. The highest BCUT2D eigenvalue weighted by Crippen LogP contribution is 2.40. The summed E-state index contributed by atoms with van der Waals surface area (Å²) >= 11 is 6.72. The van der Waals surface area contributed by atoms with Gasteiger partial charge in [0.25, 0.3) is 5.91 Å². The van der Waals surface area contributed by atoms with Gasteiger partial charge in [0.2, 0.25) is 0 Å². The van der Waals surface area contributed by atoms with Crippen LogP contribution in [0.5, 0.6) is 0 Å². The minimum Gasteiger partial charge on any atom is -0.322 e. The number of benzene rings is 1. The van der Waals surface area contributed by atoms with Crippen LogP contribution >= 0.6 is 11.6 Å². The molecule has 2 aromatic rings. The number of carbonyl (C=O) groups excluding carboxylic acids is 1. The van der Waals surface area contributed by atoms with Gasteiger partial charge in [0.05, 0.1) is 17.4 Å². The number of imidazole rings is 1. The number of aryl methyl sites for hydroxylation is 1. The lowest BCUT2D eigenvalue weighted by atomic mass is 10.0. The molecule has 6 heteroatoms. The van der Waals surface area contributed by atoms with Gasteiger partial charge in [-0.3, -0.25) is 4.79 Å². The van der Waals surface area contributed by atoms with Crippen molar-refractivity contribution >= 4 is 29.0 Å². The Balaban J connectivity index is 2.14. The lowest BCUT2D eigenvalue weighted by Crippen LogP contribution is -2.43. The predicted octanol–water partition coefficient (Wildman–Crippen LogP) is 6.54. The molecule has 0 saturated heterocycles. The van der Waals surface area contributed by atoms with Gasteiger partial charge in [-0.15, -0.1) is 0 Å². The van der Waals surface area contributed by atoms with E-state index in [2.05, 4.69) is 56.2 Å². The first kappa shape index (κ1) is 22.7. The number of unbranched alkanes of at least 4 members (excludes halogenated alkanes) is 1. The molecule has 1 amide bonds. The molecule has 0 radical (unpaired) electrons. The lowest BCUT2D eigenvalue weighted by molar-refractivity contribution is 0.0772. The normalized spacial score (nSPS) is 15.1. The molecule has 1 aliphatic rings. The van der Waals surface area contributed by atoms with Crippen LogP contribution in [0.3, 0.4) is 0 Å². The molecule has 1 atom stereocenters. The fourth-order valence-corrected chi connectivity index (χ4v) is 4.56. The minimum atomic E-state index is 0.0401. The Labute approximate surface area is 186 Å². The molecule has 0 fully saturated rings. The first-order chi connectivity index (χ1) is 14.3. The van der Waals surface area contributed by atoms with Gasteiger partial charge < -0.3 is 14.4 Å². The fourth-order valence-electron chi connectivity index (χ4n) is 4.27. The van der Waals surface area contributed by atoms with Crippen LogP contribution in [0.4, 0.5) is 11.5 Å². The highest BCUT2D eigenvalue weighted by Gasteiger charge is 2.36. The third-order valence-electron chi connectivity index (χ3n) is 6.10. The second-order valence-electron chi connectivity index (χ2n) is 8.57. The van der Waals surface area contributed by atoms with E-state index in [0.717, 1.165) is 49.4 Å². The maximum atomic E-state index is 13.3. The quantitative estimate of drug-likeness (QED) is 0.477. The molecule has 3 rings (SSSR count). The summed E-state index contributed by atoms with van der Waals surface area (Å²) in [5.74, 6) is 2.17. The van der Waals surface area contributed by atoms with Crippen molar-refractivity contribution in [2.45, 2.75) is 78.7 Å². The Bertz CT molecular complexity index is 905. The summed E-state index contributed by atoms with van der Waals surface area (Å²) in [6.45, 7) is 11.3. The van der Waals surface area contributed by atoms with Crippen molar-refractivity contribution in [1.82, 2.24) is 14.5 Å². The largest absolute Gasteiger partial charge is 0.322 e. The van der Waals surface area contributed by atoms with E-state index in [1.54, 1.807) is 4.90 Å². The summed E-state index contributed by atoms with van der Waals surface area (Å²) in [5, 5.41) is 0.695. The van der Waals surface area contributed by atoms with Crippen molar-refractivity contribution in [3.05, 3.63) is 40.3 Å². The van der Waals surface area contributed by atoms with Crippen LogP contribution in [0.15, 0.2) is 18.2 Å². The third kappa shape index (κ3) is 4.09. The summed E-state index contributed by atoms with van der Waals surface area (Å²) in [6.07, 6.45) is 5.12. The van der Waals surface area contributed by atoms with Gasteiger partial charge in [-0.2, -0.15) is 0 Å². The van der Waals surface area contributed by atoms with Gasteiger partial charge in [-0.1, -0.05) is 65.1 Å². The van der Waals surface area contributed by atoms with Crippen molar-refractivity contribution in [2.24, 2.45) is 0 Å². The van der Waals surface area contributed by atoms with E-state index in [9.17, 15) is 4.79 Å². The monoisotopic (exact) mass is 430 g/mol. The molecular formula is C24H35ClN4O. The van der Waals surface area contributed by atoms with Crippen LogP contribution in [0.1, 0.15) is 94.1 Å². The number of fused-ring (bicyclic) bond motifs is 1. The van der Waals surface area contributed by atoms with Crippen LogP contribution in [0.2, 0.25) is 5.02 Å². The van der Waals surface area contributed by atoms with Crippen LogP contribution in [-0.4, -0.2) is 34.1 Å². The number of nitrogens with zero attached hydrogens (tertiary/aromatic N) is 4. The number of hydrogen-bond donors (Lipinski definition) is 0. The zero-order valence-corrected chi connectivity index (χ0v) is 20.0. The molecule has 1 aromatic carbocycles. The van der Waals surface area contributed by atoms with Crippen LogP contribution in [0.25, 0.3) is 0 Å². The number of aromatic nitrogens is 2. The van der Waals surface area contributed by atoms with E-state index in [1.165, 1.54) is 5.56 Å². The highest BCUT2D eigenvalue weighted by molar-refractivity contribution is 6.33. The maximum Gasteiger partial charge on any atom is 0.275 e. The molecule has 2 heterocycles. The van der Waals surface area contributed by atoms with Crippen molar-refractivity contribution in [3.63, 3.8) is 0 Å². The summed E-state index contributed by atoms with van der Waals surface area (Å²) in [4.78, 5) is 22.1. The molecule has 0 bridgehead atoms. The molecule has 1 unspecified atom stereocenters. The number of rotatable bonds is 8. The number of amides is 1. The summed E-state index contributed by atoms with van der Waals surface area (Å²) in [6, 6.07) is 6.50.